The molecule has 1 aromatic heterocycles. The van der Waals surface area contributed by atoms with Crippen LogP contribution in [0.5, 0.6) is 0 Å². The average molecular weight is 574 g/mol. The summed E-state index contributed by atoms with van der Waals surface area (Å²) in [7, 11) is 1.34. The molecule has 2 aromatic carbocycles. The van der Waals surface area contributed by atoms with Crippen LogP contribution in [-0.2, 0) is 20.7 Å². The van der Waals surface area contributed by atoms with E-state index in [4.69, 9.17) is 16.3 Å². The molecule has 214 valence electrons. The van der Waals surface area contributed by atoms with Gasteiger partial charge >= 0.3 is 5.97 Å². The van der Waals surface area contributed by atoms with Crippen molar-refractivity contribution in [2.75, 3.05) is 13.0 Å². The second-order valence-corrected chi connectivity index (χ2v) is 12.8. The molecule has 8 heteroatoms. The Balaban J connectivity index is 1.20. The second-order valence-electron chi connectivity index (χ2n) is 12.5. The molecule has 0 radical (unpaired) electrons. The topological polar surface area (TPSA) is 91.5 Å². The van der Waals surface area contributed by atoms with E-state index in [1.54, 1.807) is 4.90 Å². The van der Waals surface area contributed by atoms with Crippen molar-refractivity contribution >= 4 is 40.3 Å². The molecular weight excluding hydrogens is 538 g/mol. The summed E-state index contributed by atoms with van der Waals surface area (Å²) in [6.45, 7) is 0. The van der Waals surface area contributed by atoms with E-state index in [1.807, 2.05) is 48.5 Å². The fraction of sp³-hybridized carbons (Fsp3) is 0.485. The van der Waals surface area contributed by atoms with Crippen molar-refractivity contribution in [2.24, 2.45) is 23.7 Å². The Labute approximate surface area is 245 Å². The van der Waals surface area contributed by atoms with Crippen molar-refractivity contribution in [3.8, 4) is 0 Å². The van der Waals surface area contributed by atoms with E-state index in [1.165, 1.54) is 39.2 Å². The predicted molar refractivity (Wildman–Crippen MR) is 157 cm³/mol. The number of carbonyl (C=O) groups is 3. The lowest BCUT2D eigenvalue weighted by Crippen LogP contribution is -2.52. The molecular formula is C33H36ClN3O4. The molecule has 7 rings (SSSR count). The van der Waals surface area contributed by atoms with E-state index in [-0.39, 0.29) is 23.7 Å². The molecule has 3 bridgehead atoms. The Bertz CT molecular complexity index is 1490. The molecule has 7 nitrogen and oxygen atoms in total. The third-order valence-electron chi connectivity index (χ3n) is 10.4. The van der Waals surface area contributed by atoms with Crippen LogP contribution in [-0.4, -0.2) is 52.7 Å². The number of nitrogens with zero attached hydrogens (tertiary/aromatic N) is 1. The number of ether oxygens (including phenoxy) is 1. The third-order valence-corrected chi connectivity index (χ3v) is 10.6. The van der Waals surface area contributed by atoms with Crippen molar-refractivity contribution in [3.05, 3.63) is 70.9 Å². The van der Waals surface area contributed by atoms with Gasteiger partial charge < -0.3 is 19.9 Å². The molecule has 5 unspecified atom stereocenters. The first kappa shape index (κ1) is 26.6. The summed E-state index contributed by atoms with van der Waals surface area (Å²) in [6, 6.07) is 14.2. The summed E-state index contributed by atoms with van der Waals surface area (Å²) in [6.07, 6.45) is 7.96. The summed E-state index contributed by atoms with van der Waals surface area (Å²) in [5.41, 5.74) is 4.18. The number of fused-ring (bicyclic) bond motifs is 5. The molecule has 2 heterocycles. The quantitative estimate of drug-likeness (QED) is 0.317. The van der Waals surface area contributed by atoms with Crippen LogP contribution in [0.2, 0.25) is 0 Å². The third kappa shape index (κ3) is 4.53. The number of H-pyrrole nitrogens is 1. The summed E-state index contributed by atoms with van der Waals surface area (Å²) in [5.74, 6) is 1.87. The molecule has 1 aliphatic heterocycles. The lowest BCUT2D eigenvalue weighted by Gasteiger charge is -2.52. The molecule has 0 saturated heterocycles. The first-order chi connectivity index (χ1) is 19.9. The number of esters is 1. The molecule has 2 amide bonds. The van der Waals surface area contributed by atoms with Gasteiger partial charge in [-0.2, -0.15) is 0 Å². The number of rotatable bonds is 5. The van der Waals surface area contributed by atoms with Gasteiger partial charge in [-0.1, -0.05) is 36.8 Å². The maximum Gasteiger partial charge on any atom is 0.328 e. The smallest absolute Gasteiger partial charge is 0.328 e. The van der Waals surface area contributed by atoms with Gasteiger partial charge in [0, 0.05) is 34.6 Å². The number of methoxy groups -OCH3 is 1. The van der Waals surface area contributed by atoms with Gasteiger partial charge in [-0.05, 0) is 85.1 Å². The Hall–Kier alpha value is -3.32. The highest BCUT2D eigenvalue weighted by molar-refractivity contribution is 6.27. The van der Waals surface area contributed by atoms with Crippen molar-refractivity contribution in [1.82, 2.24) is 15.2 Å². The van der Waals surface area contributed by atoms with Crippen LogP contribution in [0.4, 0.5) is 0 Å². The number of benzene rings is 2. The number of nitrogens with one attached hydrogen (secondary N) is 2. The van der Waals surface area contributed by atoms with Crippen LogP contribution in [0.1, 0.15) is 71.7 Å². The van der Waals surface area contributed by atoms with Crippen LogP contribution < -0.4 is 5.32 Å². The minimum absolute atomic E-state index is 0.0419. The van der Waals surface area contributed by atoms with Gasteiger partial charge in [-0.25, -0.2) is 4.79 Å². The number of aromatic nitrogens is 1. The number of halogens is 1. The van der Waals surface area contributed by atoms with Gasteiger partial charge in [-0.15, -0.1) is 11.6 Å². The Morgan fingerprint density at radius 3 is 2.56 bits per heavy atom. The summed E-state index contributed by atoms with van der Waals surface area (Å²) in [5, 5.41) is 4.41. The van der Waals surface area contributed by atoms with E-state index in [9.17, 15) is 14.4 Å². The van der Waals surface area contributed by atoms with Crippen molar-refractivity contribution in [1.29, 1.82) is 0 Å². The number of para-hydroxylation sites is 1. The standard InChI is InChI=1S/C33H36ClN3O4/c1-41-33(40)28-16-25-24-4-2-3-5-26(24)35-30(25)31(37(28)29(38)17-34)20-7-9-21(10-8-20)32(39)36-27-15-19-12-18-6-11-23(27)22(13-18)14-19/h2-5,7-10,18-19,22-23,27-28,31,35H,6,11-17H2,1H3,(H,36,39)/t18?,19?,22?,23?,27?,28-,31-/m1/s1. The fourth-order valence-electron chi connectivity index (χ4n) is 8.69. The summed E-state index contributed by atoms with van der Waals surface area (Å²) >= 11 is 6.07. The maximum absolute atomic E-state index is 13.4. The summed E-state index contributed by atoms with van der Waals surface area (Å²) < 4.78 is 5.13. The van der Waals surface area contributed by atoms with E-state index >= 15 is 0 Å². The van der Waals surface area contributed by atoms with E-state index in [2.05, 4.69) is 10.3 Å². The highest BCUT2D eigenvalue weighted by atomic mass is 35.5. The zero-order valence-corrected chi connectivity index (χ0v) is 24.0. The summed E-state index contributed by atoms with van der Waals surface area (Å²) in [4.78, 5) is 44.7. The zero-order chi connectivity index (χ0) is 28.2. The number of alkyl halides is 1. The fourth-order valence-corrected chi connectivity index (χ4v) is 8.83. The average Bonchev–Trinajstić information content (AvgIpc) is 3.37. The minimum Gasteiger partial charge on any atom is -0.467 e. The molecule has 3 aliphatic carbocycles. The minimum atomic E-state index is -0.813. The molecule has 41 heavy (non-hydrogen) atoms. The number of amides is 2. The zero-order valence-electron chi connectivity index (χ0n) is 23.3. The first-order valence-electron chi connectivity index (χ1n) is 14.9. The number of hydrogen-bond acceptors (Lipinski definition) is 4. The number of hydrogen-bond donors (Lipinski definition) is 2. The lowest BCUT2D eigenvalue weighted by molar-refractivity contribution is -0.154. The first-order valence-corrected chi connectivity index (χ1v) is 15.4. The molecule has 4 aliphatic rings. The molecule has 3 fully saturated rings. The van der Waals surface area contributed by atoms with Crippen molar-refractivity contribution < 1.29 is 19.1 Å². The van der Waals surface area contributed by atoms with Crippen LogP contribution >= 0.6 is 11.6 Å². The van der Waals surface area contributed by atoms with E-state index < -0.39 is 18.1 Å². The Kier molecular flexibility index (Phi) is 6.81. The molecule has 0 spiro atoms. The molecule has 7 atom stereocenters. The second kappa shape index (κ2) is 10.5. The Morgan fingerprint density at radius 1 is 1.00 bits per heavy atom. The molecule has 2 N–H and O–H groups in total. The van der Waals surface area contributed by atoms with Gasteiger partial charge in [0.1, 0.15) is 11.9 Å². The number of carbonyl (C=O) groups excluding carboxylic acids is 3. The van der Waals surface area contributed by atoms with Gasteiger partial charge in [0.25, 0.3) is 5.91 Å². The largest absolute Gasteiger partial charge is 0.467 e. The monoisotopic (exact) mass is 573 g/mol. The van der Waals surface area contributed by atoms with E-state index in [0.717, 1.165) is 51.9 Å². The predicted octanol–water partition coefficient (Wildman–Crippen LogP) is 5.37. The Morgan fingerprint density at radius 2 is 1.78 bits per heavy atom. The molecule has 3 aromatic rings. The normalized spacial score (nSPS) is 30.1. The van der Waals surface area contributed by atoms with Crippen LogP contribution in [0, 0.1) is 23.7 Å². The van der Waals surface area contributed by atoms with Gasteiger partial charge in [0.15, 0.2) is 0 Å². The maximum atomic E-state index is 13.4. The lowest BCUT2D eigenvalue weighted by atomic mass is 9.56. The van der Waals surface area contributed by atoms with Crippen molar-refractivity contribution in [2.45, 2.75) is 63.1 Å². The highest BCUT2D eigenvalue weighted by Gasteiger charge is 2.46. The van der Waals surface area contributed by atoms with Crippen molar-refractivity contribution in [3.63, 3.8) is 0 Å². The molecule has 3 saturated carbocycles. The SMILES string of the molecule is COC(=O)[C@H]1Cc2c([nH]c3ccccc23)[C@@H](c2ccc(C(=O)NC3CC4CC5CCC3C(C5)C4)cc2)N1C(=O)CCl. The highest BCUT2D eigenvalue weighted by Crippen LogP contribution is 2.52. The van der Waals surface area contributed by atoms with Crippen LogP contribution in [0.25, 0.3) is 10.9 Å². The van der Waals surface area contributed by atoms with Crippen LogP contribution in [0.15, 0.2) is 48.5 Å². The van der Waals surface area contributed by atoms with Gasteiger partial charge in [-0.3, -0.25) is 9.59 Å². The van der Waals surface area contributed by atoms with Gasteiger partial charge in [0.2, 0.25) is 5.91 Å². The number of aromatic amines is 1. The van der Waals surface area contributed by atoms with Crippen LogP contribution in [0.3, 0.4) is 0 Å². The van der Waals surface area contributed by atoms with E-state index in [0.29, 0.717) is 17.9 Å². The van der Waals surface area contributed by atoms with Gasteiger partial charge in [0.05, 0.1) is 13.2 Å².